The van der Waals surface area contributed by atoms with Gasteiger partial charge in [0.1, 0.15) is 0 Å². The first-order chi connectivity index (χ1) is 13.8. The van der Waals surface area contributed by atoms with Crippen LogP contribution in [0.15, 0.2) is 52.9 Å². The Morgan fingerprint density at radius 3 is 2.48 bits per heavy atom. The highest BCUT2D eigenvalue weighted by Gasteiger charge is 2.25. The predicted octanol–water partition coefficient (Wildman–Crippen LogP) is 4.18. The van der Waals surface area contributed by atoms with Gasteiger partial charge in [0.15, 0.2) is 0 Å². The number of hydrogen-bond donors (Lipinski definition) is 2. The lowest BCUT2D eigenvalue weighted by Crippen LogP contribution is -2.28. The fourth-order valence-electron chi connectivity index (χ4n) is 2.60. The van der Waals surface area contributed by atoms with Crippen molar-refractivity contribution in [2.24, 2.45) is 0 Å². The van der Waals surface area contributed by atoms with Crippen LogP contribution >= 0.6 is 22.9 Å². The molecule has 0 saturated heterocycles. The van der Waals surface area contributed by atoms with Crippen molar-refractivity contribution in [3.8, 4) is 0 Å². The number of nitrogens with one attached hydrogen (secondary N) is 2. The van der Waals surface area contributed by atoms with E-state index in [-0.39, 0.29) is 20.1 Å². The van der Waals surface area contributed by atoms with E-state index in [0.29, 0.717) is 6.42 Å². The third-order valence-corrected chi connectivity index (χ3v) is 7.17. The van der Waals surface area contributed by atoms with Crippen LogP contribution in [0.2, 0.25) is 5.02 Å². The number of halogens is 1. The van der Waals surface area contributed by atoms with Crippen LogP contribution in [-0.2, 0) is 10.0 Å². The third-order valence-electron chi connectivity index (χ3n) is 4.16. The third kappa shape index (κ3) is 5.18. The van der Waals surface area contributed by atoms with Gasteiger partial charge in [-0.1, -0.05) is 71.8 Å². The molecule has 0 aliphatic carbocycles. The maximum atomic E-state index is 12.7. The molecular formula is C19H19ClN4O3S2. The van der Waals surface area contributed by atoms with Gasteiger partial charge in [0, 0.05) is 6.04 Å². The summed E-state index contributed by atoms with van der Waals surface area (Å²) in [6.45, 7) is 3.86. The normalized spacial score (nSPS) is 12.5. The summed E-state index contributed by atoms with van der Waals surface area (Å²) >= 11 is 6.78. The van der Waals surface area contributed by atoms with Crippen LogP contribution in [0.25, 0.3) is 0 Å². The highest BCUT2D eigenvalue weighted by molar-refractivity contribution is 7.91. The molecule has 0 unspecified atom stereocenters. The summed E-state index contributed by atoms with van der Waals surface area (Å²) in [5.41, 5.74) is 2.21. The van der Waals surface area contributed by atoms with E-state index in [1.807, 2.05) is 38.1 Å². The average molecular weight is 451 g/mol. The number of benzene rings is 2. The Morgan fingerprint density at radius 1 is 1.14 bits per heavy atom. The molecule has 1 atom stereocenters. The predicted molar refractivity (Wildman–Crippen MR) is 114 cm³/mol. The molecule has 2 aromatic carbocycles. The van der Waals surface area contributed by atoms with E-state index in [0.717, 1.165) is 22.5 Å². The summed E-state index contributed by atoms with van der Waals surface area (Å²) in [5.74, 6) is -0.491. The van der Waals surface area contributed by atoms with E-state index in [9.17, 15) is 13.2 Å². The van der Waals surface area contributed by atoms with Gasteiger partial charge >= 0.3 is 0 Å². The van der Waals surface area contributed by atoms with Crippen molar-refractivity contribution >= 4 is 44.0 Å². The molecule has 1 heterocycles. The number of carbonyl (C=O) groups is 1. The largest absolute Gasteiger partial charge is 0.296 e. The lowest BCUT2D eigenvalue weighted by Gasteiger charge is -2.16. The topological polar surface area (TPSA) is 101 Å². The minimum absolute atomic E-state index is 0.0682. The van der Waals surface area contributed by atoms with Crippen LogP contribution in [0, 0.1) is 6.92 Å². The van der Waals surface area contributed by atoms with Gasteiger partial charge in [-0.05, 0) is 31.0 Å². The molecule has 3 aromatic rings. The molecule has 0 bridgehead atoms. The molecule has 1 amide bonds. The summed E-state index contributed by atoms with van der Waals surface area (Å²) in [7, 11) is -3.90. The summed E-state index contributed by atoms with van der Waals surface area (Å²) < 4.78 is 27.9. The van der Waals surface area contributed by atoms with Crippen LogP contribution in [0.1, 0.15) is 40.9 Å². The Bertz CT molecular complexity index is 1110. The number of aryl methyl sites for hydroxylation is 1. The minimum atomic E-state index is -3.90. The SMILES string of the molecule is CC[C@H](NS(=O)(=O)c1nnc(NC(=O)c2ccccc2Cl)s1)c1ccc(C)cc1. The molecule has 0 fully saturated rings. The zero-order valence-electron chi connectivity index (χ0n) is 15.7. The van der Waals surface area contributed by atoms with Gasteiger partial charge in [-0.15, -0.1) is 10.2 Å². The van der Waals surface area contributed by atoms with E-state index in [4.69, 9.17) is 11.6 Å². The number of aromatic nitrogens is 2. The van der Waals surface area contributed by atoms with Gasteiger partial charge in [0.2, 0.25) is 9.47 Å². The molecule has 0 aliphatic rings. The summed E-state index contributed by atoms with van der Waals surface area (Å²) in [6, 6.07) is 13.8. The number of nitrogens with zero attached hydrogens (tertiary/aromatic N) is 2. The summed E-state index contributed by atoms with van der Waals surface area (Å²) in [5, 5.41) is 10.4. The van der Waals surface area contributed by atoms with Crippen molar-refractivity contribution in [2.75, 3.05) is 5.32 Å². The summed E-state index contributed by atoms with van der Waals surface area (Å²) in [4.78, 5) is 12.3. The molecule has 0 aliphatic heterocycles. The van der Waals surface area contributed by atoms with E-state index in [1.54, 1.807) is 24.3 Å². The second kappa shape index (κ2) is 9.00. The minimum Gasteiger partial charge on any atom is -0.296 e. The maximum Gasteiger partial charge on any atom is 0.270 e. The highest BCUT2D eigenvalue weighted by atomic mass is 35.5. The van der Waals surface area contributed by atoms with Gasteiger partial charge in [-0.25, -0.2) is 13.1 Å². The van der Waals surface area contributed by atoms with Crippen LogP contribution in [-0.4, -0.2) is 24.5 Å². The second-order valence-corrected chi connectivity index (χ2v) is 9.57. The Hall–Kier alpha value is -2.33. The number of hydrogen-bond acceptors (Lipinski definition) is 6. The fraction of sp³-hybridized carbons (Fsp3) is 0.211. The smallest absolute Gasteiger partial charge is 0.270 e. The second-order valence-electron chi connectivity index (χ2n) is 6.30. The zero-order valence-corrected chi connectivity index (χ0v) is 18.1. The van der Waals surface area contributed by atoms with E-state index < -0.39 is 22.0 Å². The monoisotopic (exact) mass is 450 g/mol. The van der Waals surface area contributed by atoms with E-state index >= 15 is 0 Å². The average Bonchev–Trinajstić information content (AvgIpc) is 3.16. The van der Waals surface area contributed by atoms with Crippen molar-refractivity contribution in [3.05, 3.63) is 70.2 Å². The summed E-state index contributed by atoms with van der Waals surface area (Å²) in [6.07, 6.45) is 0.567. The molecule has 29 heavy (non-hydrogen) atoms. The first-order valence-electron chi connectivity index (χ1n) is 8.78. The molecule has 2 N–H and O–H groups in total. The Balaban J connectivity index is 1.75. The van der Waals surface area contributed by atoms with Crippen LogP contribution in [0.3, 0.4) is 0 Å². The maximum absolute atomic E-state index is 12.7. The van der Waals surface area contributed by atoms with Gasteiger partial charge in [-0.3, -0.25) is 10.1 Å². The van der Waals surface area contributed by atoms with E-state index in [1.165, 1.54) is 0 Å². The fourth-order valence-corrected chi connectivity index (χ4v) is 5.04. The molecule has 0 saturated carbocycles. The van der Waals surface area contributed by atoms with Crippen LogP contribution in [0.4, 0.5) is 5.13 Å². The van der Waals surface area contributed by atoms with Crippen molar-refractivity contribution in [2.45, 2.75) is 30.6 Å². The Labute approximate surface area is 178 Å². The number of carbonyl (C=O) groups excluding carboxylic acids is 1. The lowest BCUT2D eigenvalue weighted by atomic mass is 10.0. The van der Waals surface area contributed by atoms with E-state index in [2.05, 4.69) is 20.2 Å². The van der Waals surface area contributed by atoms with Crippen molar-refractivity contribution in [1.82, 2.24) is 14.9 Å². The van der Waals surface area contributed by atoms with Gasteiger partial charge in [0.05, 0.1) is 10.6 Å². The van der Waals surface area contributed by atoms with Crippen molar-refractivity contribution < 1.29 is 13.2 Å². The molecule has 10 heteroatoms. The molecule has 1 aromatic heterocycles. The first kappa shape index (κ1) is 21.4. The highest BCUT2D eigenvalue weighted by Crippen LogP contribution is 2.25. The number of amides is 1. The number of sulfonamides is 1. The molecule has 7 nitrogen and oxygen atoms in total. The van der Waals surface area contributed by atoms with Crippen LogP contribution < -0.4 is 10.0 Å². The molecule has 152 valence electrons. The standard InChI is InChI=1S/C19H19ClN4O3S2/c1-3-16(13-10-8-12(2)9-11-13)24-29(26,27)19-23-22-18(28-19)21-17(25)14-6-4-5-7-15(14)20/h4-11,16,24H,3H2,1-2H3,(H,21,22,25)/t16-/m0/s1. The van der Waals surface area contributed by atoms with Gasteiger partial charge in [-0.2, -0.15) is 0 Å². The molecule has 0 spiro atoms. The van der Waals surface area contributed by atoms with Gasteiger partial charge < -0.3 is 0 Å². The Kier molecular flexibility index (Phi) is 6.63. The number of anilines is 1. The number of rotatable bonds is 7. The molecular weight excluding hydrogens is 432 g/mol. The first-order valence-corrected chi connectivity index (χ1v) is 11.5. The molecule has 3 rings (SSSR count). The molecule has 0 radical (unpaired) electrons. The lowest BCUT2D eigenvalue weighted by molar-refractivity contribution is 0.102. The quantitative estimate of drug-likeness (QED) is 0.526. The zero-order chi connectivity index (χ0) is 21.0. The van der Waals surface area contributed by atoms with Crippen molar-refractivity contribution in [1.29, 1.82) is 0 Å². The van der Waals surface area contributed by atoms with Gasteiger partial charge in [0.25, 0.3) is 15.9 Å². The van der Waals surface area contributed by atoms with Crippen LogP contribution in [0.5, 0.6) is 0 Å². The Morgan fingerprint density at radius 2 is 1.83 bits per heavy atom. The van der Waals surface area contributed by atoms with Crippen molar-refractivity contribution in [3.63, 3.8) is 0 Å².